The molecule has 1 fully saturated rings. The number of amides is 1. The molecule has 1 saturated heterocycles. The van der Waals surface area contributed by atoms with E-state index in [0.717, 1.165) is 0 Å². The van der Waals surface area contributed by atoms with Crippen molar-refractivity contribution >= 4 is 11.7 Å². The number of carbonyl (C=O) groups excluding carboxylic acids is 2. The number of benzene rings is 1. The van der Waals surface area contributed by atoms with Crippen LogP contribution >= 0.6 is 0 Å². The van der Waals surface area contributed by atoms with Gasteiger partial charge in [-0.25, -0.2) is 0 Å². The molecule has 1 unspecified atom stereocenters. The van der Waals surface area contributed by atoms with E-state index in [-0.39, 0.29) is 11.7 Å². The summed E-state index contributed by atoms with van der Waals surface area (Å²) < 4.78 is 0. The van der Waals surface area contributed by atoms with E-state index in [9.17, 15) is 14.7 Å². The van der Waals surface area contributed by atoms with Crippen LogP contribution in [0.2, 0.25) is 0 Å². The number of ketones is 1. The maximum absolute atomic E-state index is 12.1. The lowest BCUT2D eigenvalue weighted by atomic mass is 9.78. The predicted octanol–water partition coefficient (Wildman–Crippen LogP) is 0.952. The third-order valence-electron chi connectivity index (χ3n) is 3.56. The molecule has 1 aromatic rings. The van der Waals surface area contributed by atoms with Gasteiger partial charge in [-0.05, 0) is 12.5 Å². The number of carbonyl (C=O) groups is 2. The summed E-state index contributed by atoms with van der Waals surface area (Å²) in [6, 6.07) is 8.99. The summed E-state index contributed by atoms with van der Waals surface area (Å²) in [4.78, 5) is 25.4. The molecule has 0 radical (unpaired) electrons. The molecule has 1 N–H and O–H groups in total. The van der Waals surface area contributed by atoms with Crippen LogP contribution in [0.5, 0.6) is 0 Å². The largest absolute Gasteiger partial charge is 0.379 e. The lowest BCUT2D eigenvalue weighted by molar-refractivity contribution is -0.148. The van der Waals surface area contributed by atoms with Crippen molar-refractivity contribution in [3.63, 3.8) is 0 Å². The van der Waals surface area contributed by atoms with Crippen molar-refractivity contribution in [2.24, 2.45) is 0 Å². The quantitative estimate of drug-likeness (QED) is 0.865. The lowest BCUT2D eigenvalue weighted by Crippen LogP contribution is -2.46. The van der Waals surface area contributed by atoms with Crippen molar-refractivity contribution in [2.75, 3.05) is 13.6 Å². The Morgan fingerprint density at radius 1 is 1.39 bits per heavy atom. The highest BCUT2D eigenvalue weighted by Gasteiger charge is 2.51. The number of Topliss-reactive ketones (excluding diaryl/α,β-unsaturated/α-hetero) is 1. The molecule has 96 valence electrons. The minimum atomic E-state index is -1.60. The van der Waals surface area contributed by atoms with Crippen molar-refractivity contribution in [2.45, 2.75) is 24.9 Å². The monoisotopic (exact) mass is 247 g/mol. The van der Waals surface area contributed by atoms with E-state index in [0.29, 0.717) is 18.5 Å². The van der Waals surface area contributed by atoms with Crippen LogP contribution in [-0.4, -0.2) is 40.9 Å². The zero-order valence-electron chi connectivity index (χ0n) is 10.6. The second-order valence-electron chi connectivity index (χ2n) is 4.86. The Morgan fingerprint density at radius 2 is 2.00 bits per heavy atom. The van der Waals surface area contributed by atoms with Crippen LogP contribution in [-0.2, 0) is 9.59 Å². The van der Waals surface area contributed by atoms with Crippen LogP contribution in [0.3, 0.4) is 0 Å². The summed E-state index contributed by atoms with van der Waals surface area (Å²) in [6.07, 6.45) is 0.293. The van der Waals surface area contributed by atoms with Gasteiger partial charge in [-0.15, -0.1) is 0 Å². The molecule has 2 rings (SSSR count). The van der Waals surface area contributed by atoms with Crippen molar-refractivity contribution in [1.82, 2.24) is 4.90 Å². The average molecular weight is 247 g/mol. The Labute approximate surface area is 106 Å². The second kappa shape index (κ2) is 4.53. The third-order valence-corrected chi connectivity index (χ3v) is 3.56. The molecular weight excluding hydrogens is 230 g/mol. The van der Waals surface area contributed by atoms with Gasteiger partial charge in [0.2, 0.25) is 0 Å². The van der Waals surface area contributed by atoms with Gasteiger partial charge >= 0.3 is 0 Å². The van der Waals surface area contributed by atoms with Gasteiger partial charge in [0, 0.05) is 20.0 Å². The van der Waals surface area contributed by atoms with Crippen LogP contribution < -0.4 is 0 Å². The summed E-state index contributed by atoms with van der Waals surface area (Å²) >= 11 is 0. The first-order valence-electron chi connectivity index (χ1n) is 6.00. The van der Waals surface area contributed by atoms with E-state index >= 15 is 0 Å². The fourth-order valence-corrected chi connectivity index (χ4v) is 2.64. The van der Waals surface area contributed by atoms with E-state index < -0.39 is 11.5 Å². The topological polar surface area (TPSA) is 57.6 Å². The number of rotatable bonds is 3. The molecule has 2 atom stereocenters. The molecule has 1 aliphatic rings. The van der Waals surface area contributed by atoms with E-state index in [4.69, 9.17) is 0 Å². The highest BCUT2D eigenvalue weighted by molar-refractivity contribution is 5.97. The number of hydrogen-bond donors (Lipinski definition) is 1. The molecular formula is C14H17NO3. The van der Waals surface area contributed by atoms with Crippen LogP contribution in [0.25, 0.3) is 0 Å². The zero-order chi connectivity index (χ0) is 13.3. The molecule has 0 bridgehead atoms. The van der Waals surface area contributed by atoms with Crippen LogP contribution in [0.15, 0.2) is 30.3 Å². The summed E-state index contributed by atoms with van der Waals surface area (Å²) in [6.45, 7) is 1.90. The Bertz CT molecular complexity index is 471. The smallest absolute Gasteiger partial charge is 0.255 e. The SMILES string of the molecule is CC(=O)C(c1ccccc1)[C@]1(O)CCN(C)C1=O. The minimum absolute atomic E-state index is 0.188. The Balaban J connectivity index is 2.44. The molecule has 0 spiro atoms. The first kappa shape index (κ1) is 12.8. The average Bonchev–Trinajstić information content (AvgIpc) is 2.59. The van der Waals surface area contributed by atoms with Gasteiger partial charge in [-0.3, -0.25) is 9.59 Å². The van der Waals surface area contributed by atoms with Gasteiger partial charge in [0.15, 0.2) is 5.60 Å². The molecule has 0 aromatic heterocycles. The molecule has 1 heterocycles. The summed E-state index contributed by atoms with van der Waals surface area (Å²) in [5.41, 5.74) is -0.904. The summed E-state index contributed by atoms with van der Waals surface area (Å²) in [5.74, 6) is -1.34. The lowest BCUT2D eigenvalue weighted by Gasteiger charge is -2.29. The Morgan fingerprint density at radius 3 is 2.44 bits per heavy atom. The zero-order valence-corrected chi connectivity index (χ0v) is 10.6. The normalized spacial score (nSPS) is 25.3. The van der Waals surface area contributed by atoms with Gasteiger partial charge < -0.3 is 10.0 Å². The number of hydrogen-bond acceptors (Lipinski definition) is 3. The van der Waals surface area contributed by atoms with Gasteiger partial charge in [-0.1, -0.05) is 30.3 Å². The van der Waals surface area contributed by atoms with Crippen molar-refractivity contribution in [3.8, 4) is 0 Å². The molecule has 4 heteroatoms. The molecule has 1 aliphatic heterocycles. The molecule has 18 heavy (non-hydrogen) atoms. The van der Waals surface area contributed by atoms with Crippen molar-refractivity contribution in [1.29, 1.82) is 0 Å². The first-order valence-corrected chi connectivity index (χ1v) is 6.00. The molecule has 0 aliphatic carbocycles. The van der Waals surface area contributed by atoms with E-state index in [1.807, 2.05) is 6.07 Å². The summed E-state index contributed by atoms with van der Waals surface area (Å²) in [7, 11) is 1.64. The summed E-state index contributed by atoms with van der Waals surface area (Å²) in [5, 5.41) is 10.6. The van der Waals surface area contributed by atoms with E-state index in [1.165, 1.54) is 11.8 Å². The fraction of sp³-hybridized carbons (Fsp3) is 0.429. The fourth-order valence-electron chi connectivity index (χ4n) is 2.64. The predicted molar refractivity (Wildman–Crippen MR) is 67.1 cm³/mol. The molecule has 1 amide bonds. The van der Waals surface area contributed by atoms with Gasteiger partial charge in [-0.2, -0.15) is 0 Å². The molecule has 1 aromatic carbocycles. The molecule has 0 saturated carbocycles. The highest BCUT2D eigenvalue weighted by Crippen LogP contribution is 2.37. The van der Waals surface area contributed by atoms with Crippen LogP contribution in [0.4, 0.5) is 0 Å². The van der Waals surface area contributed by atoms with E-state index in [1.54, 1.807) is 31.3 Å². The first-order chi connectivity index (χ1) is 8.47. The van der Waals surface area contributed by atoms with Gasteiger partial charge in [0.1, 0.15) is 5.78 Å². The Kier molecular flexibility index (Phi) is 3.22. The van der Waals surface area contributed by atoms with Gasteiger partial charge in [0.05, 0.1) is 5.92 Å². The number of nitrogens with zero attached hydrogens (tertiary/aromatic N) is 1. The van der Waals surface area contributed by atoms with Crippen LogP contribution in [0.1, 0.15) is 24.8 Å². The highest BCUT2D eigenvalue weighted by atomic mass is 16.3. The maximum Gasteiger partial charge on any atom is 0.255 e. The van der Waals surface area contributed by atoms with Crippen molar-refractivity contribution in [3.05, 3.63) is 35.9 Å². The maximum atomic E-state index is 12.1. The minimum Gasteiger partial charge on any atom is -0.379 e. The van der Waals surface area contributed by atoms with Crippen LogP contribution in [0, 0.1) is 0 Å². The third kappa shape index (κ3) is 1.93. The van der Waals surface area contributed by atoms with Gasteiger partial charge in [0.25, 0.3) is 5.91 Å². The number of likely N-dealkylation sites (tertiary alicyclic amines) is 1. The standard InChI is InChI=1S/C14H17NO3/c1-10(16)12(11-6-4-3-5-7-11)14(18)8-9-15(2)13(14)17/h3-7,12,18H,8-9H2,1-2H3/t12?,14-/m1/s1. The van der Waals surface area contributed by atoms with E-state index in [2.05, 4.69) is 0 Å². The van der Waals surface area contributed by atoms with Crippen molar-refractivity contribution < 1.29 is 14.7 Å². The number of aliphatic hydroxyl groups is 1. The Hall–Kier alpha value is -1.68. The molecule has 4 nitrogen and oxygen atoms in total. The number of likely N-dealkylation sites (N-methyl/N-ethyl adjacent to an activating group) is 1. The second-order valence-corrected chi connectivity index (χ2v) is 4.86.